The molecule has 5 rings (SSSR count). The molecule has 3 aliphatic rings. The van der Waals surface area contributed by atoms with Crippen LogP contribution in [0.5, 0.6) is 0 Å². The highest BCUT2D eigenvalue weighted by atomic mass is 32.2. The van der Waals surface area contributed by atoms with Gasteiger partial charge in [0, 0.05) is 36.4 Å². The van der Waals surface area contributed by atoms with Gasteiger partial charge in [0.2, 0.25) is 0 Å². The van der Waals surface area contributed by atoms with Gasteiger partial charge in [0.15, 0.2) is 5.17 Å². The van der Waals surface area contributed by atoms with Crippen molar-refractivity contribution in [1.29, 1.82) is 0 Å². The molecule has 130 valence electrons. The summed E-state index contributed by atoms with van der Waals surface area (Å²) in [5.74, 6) is 0. The first-order valence-electron chi connectivity index (χ1n) is 9.39. The highest BCUT2D eigenvalue weighted by molar-refractivity contribution is 8.14. The number of hydrogen-bond donors (Lipinski definition) is 0. The van der Waals surface area contributed by atoms with Crippen LogP contribution >= 0.6 is 11.8 Å². The summed E-state index contributed by atoms with van der Waals surface area (Å²) in [5, 5.41) is 1.81. The molecule has 0 unspecified atom stereocenters. The Bertz CT molecular complexity index is 778. The topological polar surface area (TPSA) is 33.4 Å². The zero-order valence-corrected chi connectivity index (χ0v) is 15.4. The van der Waals surface area contributed by atoms with E-state index in [-0.39, 0.29) is 12.1 Å². The van der Waals surface area contributed by atoms with Crippen LogP contribution in [0.3, 0.4) is 0 Å². The third-order valence-electron chi connectivity index (χ3n) is 5.71. The van der Waals surface area contributed by atoms with E-state index in [1.807, 2.05) is 24.0 Å². The number of hydrogen-bond acceptors (Lipinski definition) is 4. The molecular formula is C20H24N4S. The standard InChI is InChI=1S/C20H24N4S/c1-14-12-24-19(15-9-11-23(13-15)16-6-2-3-7-16)18(22-20(24)25-14)17-8-4-5-10-21-17/h4-5,8-11,13-14,16,18-19H,2-3,6-7,12H2,1H3/t14-,18+,19+/m1/s1. The summed E-state index contributed by atoms with van der Waals surface area (Å²) in [6, 6.07) is 9.56. The molecule has 0 bridgehead atoms. The molecule has 0 aromatic carbocycles. The molecule has 4 heterocycles. The first-order valence-corrected chi connectivity index (χ1v) is 10.3. The van der Waals surface area contributed by atoms with Crippen LogP contribution in [0.2, 0.25) is 0 Å². The number of pyridine rings is 1. The van der Waals surface area contributed by atoms with Crippen LogP contribution < -0.4 is 0 Å². The Labute approximate surface area is 153 Å². The second kappa shape index (κ2) is 6.20. The van der Waals surface area contributed by atoms with Crippen LogP contribution in [0.15, 0.2) is 47.8 Å². The van der Waals surface area contributed by atoms with Gasteiger partial charge in [-0.15, -0.1) is 0 Å². The van der Waals surface area contributed by atoms with E-state index in [2.05, 4.69) is 52.0 Å². The van der Waals surface area contributed by atoms with Crippen molar-refractivity contribution < 1.29 is 0 Å². The Morgan fingerprint density at radius 2 is 2.04 bits per heavy atom. The summed E-state index contributed by atoms with van der Waals surface area (Å²) in [6.45, 7) is 3.37. The number of aromatic nitrogens is 2. The van der Waals surface area contributed by atoms with Crippen molar-refractivity contribution in [3.05, 3.63) is 54.1 Å². The average Bonchev–Trinajstić information content (AvgIpc) is 3.38. The summed E-state index contributed by atoms with van der Waals surface area (Å²) >= 11 is 1.91. The zero-order chi connectivity index (χ0) is 16.8. The van der Waals surface area contributed by atoms with E-state index in [1.165, 1.54) is 36.4 Å². The molecule has 2 aromatic heterocycles. The summed E-state index contributed by atoms with van der Waals surface area (Å²) in [7, 11) is 0. The number of fused-ring (bicyclic) bond motifs is 1. The highest BCUT2D eigenvalue weighted by Crippen LogP contribution is 2.47. The third kappa shape index (κ3) is 2.69. The van der Waals surface area contributed by atoms with Gasteiger partial charge in [-0.2, -0.15) is 0 Å². The molecule has 1 aliphatic carbocycles. The van der Waals surface area contributed by atoms with Gasteiger partial charge in [-0.05, 0) is 36.6 Å². The van der Waals surface area contributed by atoms with Crippen molar-refractivity contribution >= 4 is 16.9 Å². The fourth-order valence-electron chi connectivity index (χ4n) is 4.51. The molecular weight excluding hydrogens is 328 g/mol. The molecule has 1 saturated heterocycles. The van der Waals surface area contributed by atoms with Gasteiger partial charge in [-0.3, -0.25) is 9.98 Å². The maximum Gasteiger partial charge on any atom is 0.160 e. The molecule has 0 N–H and O–H groups in total. The predicted molar refractivity (Wildman–Crippen MR) is 103 cm³/mol. The Morgan fingerprint density at radius 1 is 1.16 bits per heavy atom. The molecule has 3 atom stereocenters. The third-order valence-corrected chi connectivity index (χ3v) is 6.81. The maximum atomic E-state index is 5.07. The van der Waals surface area contributed by atoms with Crippen molar-refractivity contribution in [2.24, 2.45) is 4.99 Å². The normalized spacial score (nSPS) is 29.2. The van der Waals surface area contributed by atoms with Gasteiger partial charge in [-0.25, -0.2) is 0 Å². The van der Waals surface area contributed by atoms with E-state index in [1.54, 1.807) is 0 Å². The second-order valence-electron chi connectivity index (χ2n) is 7.47. The van der Waals surface area contributed by atoms with Crippen LogP contribution in [0, 0.1) is 0 Å². The van der Waals surface area contributed by atoms with Gasteiger partial charge < -0.3 is 9.47 Å². The fourth-order valence-corrected chi connectivity index (χ4v) is 5.61. The number of rotatable bonds is 3. The lowest BCUT2D eigenvalue weighted by Crippen LogP contribution is -2.28. The van der Waals surface area contributed by atoms with Crippen LogP contribution in [0.1, 0.15) is 62.0 Å². The largest absolute Gasteiger partial charge is 0.351 e. The van der Waals surface area contributed by atoms with E-state index < -0.39 is 0 Å². The van der Waals surface area contributed by atoms with E-state index in [9.17, 15) is 0 Å². The SMILES string of the molecule is C[C@@H]1CN2C(=N[C@@H](c3ccccn3)[C@@H]2c2ccn(C3CCCC3)c2)S1. The molecule has 2 fully saturated rings. The lowest BCUT2D eigenvalue weighted by atomic mass is 9.99. The van der Waals surface area contributed by atoms with Crippen molar-refractivity contribution in [3.8, 4) is 0 Å². The van der Waals surface area contributed by atoms with Crippen LogP contribution in [-0.2, 0) is 0 Å². The van der Waals surface area contributed by atoms with E-state index in [4.69, 9.17) is 4.99 Å². The Hall–Kier alpha value is -1.75. The molecule has 4 nitrogen and oxygen atoms in total. The lowest BCUT2D eigenvalue weighted by molar-refractivity contribution is 0.320. The van der Waals surface area contributed by atoms with Gasteiger partial charge in [0.05, 0.1) is 11.7 Å². The van der Waals surface area contributed by atoms with Gasteiger partial charge in [0.25, 0.3) is 0 Å². The predicted octanol–water partition coefficient (Wildman–Crippen LogP) is 4.59. The highest BCUT2D eigenvalue weighted by Gasteiger charge is 2.43. The Kier molecular flexibility index (Phi) is 3.85. The quantitative estimate of drug-likeness (QED) is 0.810. The summed E-state index contributed by atoms with van der Waals surface area (Å²) < 4.78 is 2.45. The molecule has 2 aliphatic heterocycles. The molecule has 0 radical (unpaired) electrons. The summed E-state index contributed by atoms with van der Waals surface area (Å²) in [5.41, 5.74) is 2.47. The van der Waals surface area contributed by atoms with E-state index in [0.29, 0.717) is 11.3 Å². The molecule has 25 heavy (non-hydrogen) atoms. The van der Waals surface area contributed by atoms with E-state index in [0.717, 1.165) is 12.2 Å². The average molecular weight is 353 g/mol. The smallest absolute Gasteiger partial charge is 0.160 e. The monoisotopic (exact) mass is 352 g/mol. The number of amidine groups is 1. The minimum Gasteiger partial charge on any atom is -0.351 e. The van der Waals surface area contributed by atoms with Crippen LogP contribution in [0.4, 0.5) is 0 Å². The lowest BCUT2D eigenvalue weighted by Gasteiger charge is -2.26. The number of nitrogens with zero attached hydrogens (tertiary/aromatic N) is 4. The second-order valence-corrected chi connectivity index (χ2v) is 8.87. The van der Waals surface area contributed by atoms with Crippen LogP contribution in [-0.4, -0.2) is 31.4 Å². The molecule has 5 heteroatoms. The Balaban J connectivity index is 1.50. The van der Waals surface area contributed by atoms with Gasteiger partial charge in [0.1, 0.15) is 6.04 Å². The molecule has 2 aromatic rings. The fraction of sp³-hybridized carbons (Fsp3) is 0.500. The molecule has 0 spiro atoms. The number of thioether (sulfide) groups is 1. The first-order chi connectivity index (χ1) is 12.3. The summed E-state index contributed by atoms with van der Waals surface area (Å²) in [4.78, 5) is 12.2. The van der Waals surface area contributed by atoms with Crippen LogP contribution in [0.25, 0.3) is 0 Å². The number of aliphatic imine (C=N–C) groups is 1. The summed E-state index contributed by atoms with van der Waals surface area (Å²) in [6.07, 6.45) is 11.9. The van der Waals surface area contributed by atoms with Gasteiger partial charge in [-0.1, -0.05) is 37.6 Å². The Morgan fingerprint density at radius 3 is 2.84 bits per heavy atom. The minimum absolute atomic E-state index is 0.107. The van der Waals surface area contributed by atoms with Gasteiger partial charge >= 0.3 is 0 Å². The van der Waals surface area contributed by atoms with E-state index >= 15 is 0 Å². The molecule has 0 amide bonds. The maximum absolute atomic E-state index is 5.07. The zero-order valence-electron chi connectivity index (χ0n) is 14.6. The first kappa shape index (κ1) is 15.5. The van der Waals surface area contributed by atoms with Crippen molar-refractivity contribution in [3.63, 3.8) is 0 Å². The van der Waals surface area contributed by atoms with Crippen molar-refractivity contribution in [2.75, 3.05) is 6.54 Å². The van der Waals surface area contributed by atoms with Crippen molar-refractivity contribution in [1.82, 2.24) is 14.5 Å². The minimum atomic E-state index is 0.107. The van der Waals surface area contributed by atoms with Crippen molar-refractivity contribution in [2.45, 2.75) is 56.0 Å². The molecule has 1 saturated carbocycles.